The number of nitrogens with one attached hydrogen (secondary N) is 1. The molecule has 0 spiro atoms. The molecule has 0 heterocycles. The molecule has 2 unspecified atom stereocenters. The van der Waals surface area contributed by atoms with Crippen molar-refractivity contribution < 1.29 is 24.6 Å². The van der Waals surface area contributed by atoms with Crippen LogP contribution in [0.4, 0.5) is 0 Å². The van der Waals surface area contributed by atoms with Crippen molar-refractivity contribution in [3.05, 3.63) is 0 Å². The van der Waals surface area contributed by atoms with Gasteiger partial charge in [-0.2, -0.15) is 0 Å². The summed E-state index contributed by atoms with van der Waals surface area (Å²) in [5.74, 6) is -1.94. The van der Waals surface area contributed by atoms with Crippen LogP contribution in [0.5, 0.6) is 0 Å². The van der Waals surface area contributed by atoms with Gasteiger partial charge in [-0.05, 0) is 37.6 Å². The van der Waals surface area contributed by atoms with E-state index in [0.29, 0.717) is 24.8 Å². The maximum absolute atomic E-state index is 11.8. The second kappa shape index (κ2) is 10.1. The molecule has 0 fully saturated rings. The molecule has 0 radical (unpaired) electrons. The summed E-state index contributed by atoms with van der Waals surface area (Å²) in [7, 11) is 0. The van der Waals surface area contributed by atoms with Gasteiger partial charge in [0, 0.05) is 12.8 Å². The van der Waals surface area contributed by atoms with Gasteiger partial charge in [0.1, 0.15) is 6.04 Å². The quantitative estimate of drug-likeness (QED) is 0.447. The summed E-state index contributed by atoms with van der Waals surface area (Å²) in [6.45, 7) is 4.68. The third-order valence-corrected chi connectivity index (χ3v) is 3.50. The average Bonchev–Trinajstić information content (AvgIpc) is 2.38. The molecular formula is C14H26N2O5. The lowest BCUT2D eigenvalue weighted by atomic mass is 9.88. The van der Waals surface area contributed by atoms with E-state index in [0.717, 1.165) is 6.42 Å². The van der Waals surface area contributed by atoms with Crippen LogP contribution in [0, 0.1) is 11.8 Å². The van der Waals surface area contributed by atoms with Crippen LogP contribution in [0.25, 0.3) is 0 Å². The van der Waals surface area contributed by atoms with E-state index in [2.05, 4.69) is 19.2 Å². The van der Waals surface area contributed by atoms with E-state index in [4.69, 9.17) is 15.9 Å². The van der Waals surface area contributed by atoms with E-state index in [1.807, 2.05) is 0 Å². The predicted molar refractivity (Wildman–Crippen MR) is 77.7 cm³/mol. The smallest absolute Gasteiger partial charge is 0.326 e. The number of carboxylic acids is 2. The van der Waals surface area contributed by atoms with E-state index >= 15 is 0 Å². The molecule has 0 aromatic rings. The Morgan fingerprint density at radius 1 is 1.05 bits per heavy atom. The second-order valence-electron chi connectivity index (χ2n) is 5.51. The number of rotatable bonds is 11. The van der Waals surface area contributed by atoms with Crippen molar-refractivity contribution in [2.75, 3.05) is 6.54 Å². The molecule has 0 aliphatic rings. The summed E-state index contributed by atoms with van der Waals surface area (Å²) < 4.78 is 0. The highest BCUT2D eigenvalue weighted by Gasteiger charge is 2.21. The van der Waals surface area contributed by atoms with Gasteiger partial charge >= 0.3 is 11.9 Å². The Balaban J connectivity index is 4.30. The van der Waals surface area contributed by atoms with Gasteiger partial charge in [-0.15, -0.1) is 0 Å². The van der Waals surface area contributed by atoms with Crippen LogP contribution < -0.4 is 11.1 Å². The zero-order chi connectivity index (χ0) is 16.4. The number of carbonyl (C=O) groups is 3. The van der Waals surface area contributed by atoms with E-state index < -0.39 is 18.0 Å². The second-order valence-corrected chi connectivity index (χ2v) is 5.51. The van der Waals surface area contributed by atoms with E-state index in [1.54, 1.807) is 0 Å². The zero-order valence-corrected chi connectivity index (χ0v) is 12.7. The van der Waals surface area contributed by atoms with Crippen LogP contribution in [0.3, 0.4) is 0 Å². The number of hydrogen-bond acceptors (Lipinski definition) is 4. The number of amides is 1. The molecule has 1 amide bonds. The fraction of sp³-hybridized carbons (Fsp3) is 0.786. The van der Waals surface area contributed by atoms with Crippen molar-refractivity contribution in [1.29, 1.82) is 0 Å². The van der Waals surface area contributed by atoms with Crippen LogP contribution in [0.15, 0.2) is 0 Å². The molecule has 0 bridgehead atoms. The van der Waals surface area contributed by atoms with Crippen molar-refractivity contribution in [2.45, 2.75) is 52.0 Å². The Hall–Kier alpha value is -1.63. The van der Waals surface area contributed by atoms with Crippen molar-refractivity contribution in [1.82, 2.24) is 5.32 Å². The van der Waals surface area contributed by atoms with E-state index in [9.17, 15) is 14.4 Å². The Labute approximate surface area is 124 Å². The summed E-state index contributed by atoms with van der Waals surface area (Å²) in [5, 5.41) is 19.9. The SMILES string of the molecule is CC(C)C(CCN)CCC(=O)NC(CCC(=O)O)C(=O)O. The molecule has 122 valence electrons. The van der Waals surface area contributed by atoms with Crippen molar-refractivity contribution in [2.24, 2.45) is 17.6 Å². The zero-order valence-electron chi connectivity index (χ0n) is 12.7. The Morgan fingerprint density at radius 3 is 2.10 bits per heavy atom. The number of aliphatic carboxylic acids is 2. The first-order chi connectivity index (χ1) is 9.77. The van der Waals surface area contributed by atoms with Gasteiger partial charge < -0.3 is 21.3 Å². The highest BCUT2D eigenvalue weighted by atomic mass is 16.4. The summed E-state index contributed by atoms with van der Waals surface area (Å²) in [6.07, 6.45) is 1.28. The highest BCUT2D eigenvalue weighted by Crippen LogP contribution is 2.20. The van der Waals surface area contributed by atoms with E-state index in [-0.39, 0.29) is 25.2 Å². The van der Waals surface area contributed by atoms with Gasteiger partial charge in [-0.25, -0.2) is 4.79 Å². The minimum atomic E-state index is -1.22. The molecule has 0 saturated heterocycles. The molecule has 7 nitrogen and oxygen atoms in total. The average molecular weight is 302 g/mol. The predicted octanol–water partition coefficient (Wildman–Crippen LogP) is 0.822. The number of nitrogens with two attached hydrogens (primary N) is 1. The first-order valence-electron chi connectivity index (χ1n) is 7.22. The molecule has 2 atom stereocenters. The lowest BCUT2D eigenvalue weighted by molar-refractivity contribution is -0.143. The largest absolute Gasteiger partial charge is 0.481 e. The van der Waals surface area contributed by atoms with Crippen molar-refractivity contribution in [3.63, 3.8) is 0 Å². The molecule has 0 saturated carbocycles. The fourth-order valence-corrected chi connectivity index (χ4v) is 2.13. The molecule has 0 aromatic carbocycles. The molecule has 7 heteroatoms. The van der Waals surface area contributed by atoms with Gasteiger partial charge in [-0.3, -0.25) is 9.59 Å². The Kier molecular flexibility index (Phi) is 9.36. The topological polar surface area (TPSA) is 130 Å². The standard InChI is InChI=1S/C14H26N2O5/c1-9(2)10(7-8-15)3-5-12(17)16-11(14(20)21)4-6-13(18)19/h9-11H,3-8,15H2,1-2H3,(H,16,17)(H,18,19)(H,20,21). The van der Waals surface area contributed by atoms with Gasteiger partial charge in [0.2, 0.25) is 5.91 Å². The molecular weight excluding hydrogens is 276 g/mol. The first-order valence-corrected chi connectivity index (χ1v) is 7.22. The highest BCUT2D eigenvalue weighted by molar-refractivity contribution is 5.83. The molecule has 0 aliphatic heterocycles. The van der Waals surface area contributed by atoms with Crippen LogP contribution in [-0.2, 0) is 14.4 Å². The van der Waals surface area contributed by atoms with Gasteiger partial charge in [0.15, 0.2) is 0 Å². The summed E-state index contributed by atoms with van der Waals surface area (Å²) in [5.41, 5.74) is 5.53. The summed E-state index contributed by atoms with van der Waals surface area (Å²) in [4.78, 5) is 33.2. The maximum Gasteiger partial charge on any atom is 0.326 e. The number of carboxylic acid groups (broad SMARTS) is 2. The number of hydrogen-bond donors (Lipinski definition) is 4. The third-order valence-electron chi connectivity index (χ3n) is 3.50. The lowest BCUT2D eigenvalue weighted by Crippen LogP contribution is -2.41. The summed E-state index contributed by atoms with van der Waals surface area (Å²) in [6, 6.07) is -1.15. The Morgan fingerprint density at radius 2 is 1.67 bits per heavy atom. The maximum atomic E-state index is 11.8. The normalized spacial score (nSPS) is 13.7. The lowest BCUT2D eigenvalue weighted by Gasteiger charge is -2.20. The summed E-state index contributed by atoms with van der Waals surface area (Å²) >= 11 is 0. The molecule has 5 N–H and O–H groups in total. The van der Waals surface area contributed by atoms with Crippen LogP contribution in [0.1, 0.15) is 46.0 Å². The monoisotopic (exact) mass is 302 g/mol. The third kappa shape index (κ3) is 9.01. The minimum absolute atomic E-state index is 0.118. The Bertz CT molecular complexity index is 357. The van der Waals surface area contributed by atoms with Crippen LogP contribution in [0.2, 0.25) is 0 Å². The molecule has 0 aliphatic carbocycles. The van der Waals surface area contributed by atoms with Crippen LogP contribution >= 0.6 is 0 Å². The molecule has 0 aromatic heterocycles. The van der Waals surface area contributed by atoms with Crippen LogP contribution in [-0.4, -0.2) is 40.6 Å². The minimum Gasteiger partial charge on any atom is -0.481 e. The van der Waals surface area contributed by atoms with Gasteiger partial charge in [-0.1, -0.05) is 13.8 Å². The molecule has 0 rings (SSSR count). The van der Waals surface area contributed by atoms with Crippen molar-refractivity contribution >= 4 is 17.8 Å². The van der Waals surface area contributed by atoms with Gasteiger partial charge in [0.25, 0.3) is 0 Å². The molecule has 21 heavy (non-hydrogen) atoms. The van der Waals surface area contributed by atoms with E-state index in [1.165, 1.54) is 0 Å². The van der Waals surface area contributed by atoms with Gasteiger partial charge in [0.05, 0.1) is 0 Å². The number of carbonyl (C=O) groups excluding carboxylic acids is 1. The first kappa shape index (κ1) is 19.4. The fourth-order valence-electron chi connectivity index (χ4n) is 2.13. The van der Waals surface area contributed by atoms with Crippen molar-refractivity contribution in [3.8, 4) is 0 Å².